The van der Waals surface area contributed by atoms with Gasteiger partial charge in [0.1, 0.15) is 0 Å². The van der Waals surface area contributed by atoms with E-state index >= 15 is 0 Å². The minimum Gasteiger partial charge on any atom is -0.368 e. The van der Waals surface area contributed by atoms with Gasteiger partial charge < -0.3 is 16.0 Å². The van der Waals surface area contributed by atoms with E-state index < -0.39 is 5.54 Å². The van der Waals surface area contributed by atoms with E-state index in [0.29, 0.717) is 6.04 Å². The van der Waals surface area contributed by atoms with Crippen LogP contribution in [0.5, 0.6) is 0 Å². The standard InChI is InChI=1S/C16H25N3O/c1-12-11-13-7-4-5-8-14(13)19(12)10-6-9-16(2,18-3)15(17)20/h4-5,7-8,12,18H,6,9-11H2,1-3H3,(H2,17,20). The van der Waals surface area contributed by atoms with Gasteiger partial charge in [-0.25, -0.2) is 0 Å². The Kier molecular flexibility index (Phi) is 4.33. The van der Waals surface area contributed by atoms with E-state index in [0.717, 1.165) is 25.8 Å². The molecule has 3 N–H and O–H groups in total. The van der Waals surface area contributed by atoms with Crippen LogP contribution in [0, 0.1) is 0 Å². The summed E-state index contributed by atoms with van der Waals surface area (Å²) in [4.78, 5) is 13.9. The molecule has 2 atom stereocenters. The monoisotopic (exact) mass is 275 g/mol. The van der Waals surface area contributed by atoms with Crippen LogP contribution in [-0.2, 0) is 11.2 Å². The van der Waals surface area contributed by atoms with Crippen LogP contribution in [0.2, 0.25) is 0 Å². The smallest absolute Gasteiger partial charge is 0.237 e. The fourth-order valence-corrected chi connectivity index (χ4v) is 2.94. The van der Waals surface area contributed by atoms with Gasteiger partial charge in [0.05, 0.1) is 5.54 Å². The second kappa shape index (κ2) is 5.83. The number of rotatable bonds is 6. The van der Waals surface area contributed by atoms with Crippen molar-refractivity contribution in [2.45, 2.75) is 44.7 Å². The van der Waals surface area contributed by atoms with Gasteiger partial charge in [0, 0.05) is 18.3 Å². The Morgan fingerprint density at radius 3 is 2.85 bits per heavy atom. The van der Waals surface area contributed by atoms with Gasteiger partial charge in [0.2, 0.25) is 5.91 Å². The van der Waals surface area contributed by atoms with E-state index in [9.17, 15) is 4.79 Å². The minimum atomic E-state index is -0.609. The Hall–Kier alpha value is -1.55. The van der Waals surface area contributed by atoms with Crippen molar-refractivity contribution in [1.29, 1.82) is 0 Å². The molecule has 0 aliphatic carbocycles. The zero-order chi connectivity index (χ0) is 14.8. The molecule has 4 nitrogen and oxygen atoms in total. The topological polar surface area (TPSA) is 58.4 Å². The molecule has 1 amide bonds. The summed E-state index contributed by atoms with van der Waals surface area (Å²) < 4.78 is 0. The fourth-order valence-electron chi connectivity index (χ4n) is 2.94. The first-order valence-electron chi connectivity index (χ1n) is 7.31. The molecular formula is C16H25N3O. The molecule has 1 aromatic rings. The van der Waals surface area contributed by atoms with Crippen molar-refractivity contribution in [3.8, 4) is 0 Å². The number of carbonyl (C=O) groups excluding carboxylic acids is 1. The van der Waals surface area contributed by atoms with E-state index in [4.69, 9.17) is 5.73 Å². The largest absolute Gasteiger partial charge is 0.368 e. The van der Waals surface area contributed by atoms with Crippen molar-refractivity contribution in [1.82, 2.24) is 5.32 Å². The molecule has 2 unspecified atom stereocenters. The van der Waals surface area contributed by atoms with Gasteiger partial charge in [-0.2, -0.15) is 0 Å². The van der Waals surface area contributed by atoms with Gasteiger partial charge in [-0.1, -0.05) is 18.2 Å². The molecular weight excluding hydrogens is 250 g/mol. The number of nitrogens with two attached hydrogens (primary N) is 1. The van der Waals surface area contributed by atoms with Crippen molar-refractivity contribution in [3.63, 3.8) is 0 Å². The number of primary amides is 1. The fraction of sp³-hybridized carbons (Fsp3) is 0.562. The van der Waals surface area contributed by atoms with Crippen molar-refractivity contribution < 1.29 is 4.79 Å². The molecule has 1 aliphatic rings. The van der Waals surface area contributed by atoms with Crippen molar-refractivity contribution in [2.75, 3.05) is 18.5 Å². The number of anilines is 1. The summed E-state index contributed by atoms with van der Waals surface area (Å²) in [6.45, 7) is 5.09. The van der Waals surface area contributed by atoms with Gasteiger partial charge in [-0.3, -0.25) is 4.79 Å². The summed E-state index contributed by atoms with van der Waals surface area (Å²) in [5, 5.41) is 3.04. The number of para-hydroxylation sites is 1. The van der Waals surface area contributed by atoms with Crippen LogP contribution in [0.1, 0.15) is 32.3 Å². The maximum Gasteiger partial charge on any atom is 0.237 e. The zero-order valence-electron chi connectivity index (χ0n) is 12.6. The number of hydrogen-bond acceptors (Lipinski definition) is 3. The van der Waals surface area contributed by atoms with Crippen LogP contribution >= 0.6 is 0 Å². The summed E-state index contributed by atoms with van der Waals surface area (Å²) in [6, 6.07) is 9.10. The number of nitrogens with one attached hydrogen (secondary N) is 1. The highest BCUT2D eigenvalue weighted by atomic mass is 16.1. The minimum absolute atomic E-state index is 0.283. The van der Waals surface area contributed by atoms with E-state index in [1.807, 2.05) is 6.92 Å². The Morgan fingerprint density at radius 2 is 2.20 bits per heavy atom. The summed E-state index contributed by atoms with van der Waals surface area (Å²) >= 11 is 0. The average molecular weight is 275 g/mol. The molecule has 1 aromatic carbocycles. The molecule has 2 rings (SSSR count). The molecule has 1 heterocycles. The van der Waals surface area contributed by atoms with Crippen LogP contribution in [0.15, 0.2) is 24.3 Å². The van der Waals surface area contributed by atoms with Crippen LogP contribution < -0.4 is 16.0 Å². The van der Waals surface area contributed by atoms with Gasteiger partial charge in [0.15, 0.2) is 0 Å². The average Bonchev–Trinajstić information content (AvgIpc) is 2.74. The lowest BCUT2D eigenvalue weighted by Gasteiger charge is -2.29. The Balaban J connectivity index is 1.97. The first-order valence-corrected chi connectivity index (χ1v) is 7.31. The number of nitrogens with zero attached hydrogens (tertiary/aromatic N) is 1. The van der Waals surface area contributed by atoms with Crippen LogP contribution in [-0.4, -0.2) is 31.1 Å². The molecule has 0 spiro atoms. The van der Waals surface area contributed by atoms with Crippen molar-refractivity contribution >= 4 is 11.6 Å². The van der Waals surface area contributed by atoms with Crippen LogP contribution in [0.3, 0.4) is 0 Å². The number of benzene rings is 1. The van der Waals surface area contributed by atoms with Crippen LogP contribution in [0.4, 0.5) is 5.69 Å². The normalized spacial score (nSPS) is 20.6. The van der Waals surface area contributed by atoms with E-state index in [2.05, 4.69) is 41.4 Å². The third kappa shape index (κ3) is 2.80. The lowest BCUT2D eigenvalue weighted by Crippen LogP contribution is -2.51. The second-order valence-electron chi connectivity index (χ2n) is 5.93. The number of fused-ring (bicyclic) bond motifs is 1. The van der Waals surface area contributed by atoms with Gasteiger partial charge in [-0.05, 0) is 51.8 Å². The number of amides is 1. The van der Waals surface area contributed by atoms with Crippen molar-refractivity contribution in [3.05, 3.63) is 29.8 Å². The molecule has 4 heteroatoms. The molecule has 20 heavy (non-hydrogen) atoms. The maximum atomic E-state index is 11.5. The van der Waals surface area contributed by atoms with E-state index in [1.165, 1.54) is 11.3 Å². The molecule has 0 saturated heterocycles. The highest BCUT2D eigenvalue weighted by Gasteiger charge is 2.30. The Bertz CT molecular complexity index is 488. The highest BCUT2D eigenvalue weighted by molar-refractivity contribution is 5.84. The lowest BCUT2D eigenvalue weighted by atomic mass is 9.95. The first kappa shape index (κ1) is 14.9. The Labute approximate surface area is 121 Å². The molecule has 110 valence electrons. The summed E-state index contributed by atoms with van der Waals surface area (Å²) in [7, 11) is 1.79. The lowest BCUT2D eigenvalue weighted by molar-refractivity contribution is -0.123. The van der Waals surface area contributed by atoms with E-state index in [1.54, 1.807) is 7.05 Å². The number of carbonyl (C=O) groups is 1. The number of likely N-dealkylation sites (N-methyl/N-ethyl adjacent to an activating group) is 1. The quantitative estimate of drug-likeness (QED) is 0.830. The summed E-state index contributed by atoms with van der Waals surface area (Å²) in [5.41, 5.74) is 7.62. The van der Waals surface area contributed by atoms with Crippen molar-refractivity contribution in [2.24, 2.45) is 5.73 Å². The highest BCUT2D eigenvalue weighted by Crippen LogP contribution is 2.32. The molecule has 1 aliphatic heterocycles. The second-order valence-corrected chi connectivity index (χ2v) is 5.93. The SMILES string of the molecule is CNC(C)(CCCN1c2ccccc2CC1C)C(N)=O. The first-order chi connectivity index (χ1) is 9.48. The molecule has 0 saturated carbocycles. The predicted molar refractivity (Wildman–Crippen MR) is 82.8 cm³/mol. The van der Waals surface area contributed by atoms with Gasteiger partial charge in [0.25, 0.3) is 0 Å². The van der Waals surface area contributed by atoms with Gasteiger partial charge >= 0.3 is 0 Å². The third-order valence-corrected chi connectivity index (χ3v) is 4.52. The Morgan fingerprint density at radius 1 is 1.50 bits per heavy atom. The maximum absolute atomic E-state index is 11.5. The summed E-state index contributed by atoms with van der Waals surface area (Å²) in [5.74, 6) is -0.283. The molecule has 0 aromatic heterocycles. The molecule has 0 fully saturated rings. The predicted octanol–water partition coefficient (Wildman–Crippen LogP) is 1.68. The molecule has 0 bridgehead atoms. The third-order valence-electron chi connectivity index (χ3n) is 4.52. The summed E-state index contributed by atoms with van der Waals surface area (Å²) in [6.07, 6.45) is 2.80. The van der Waals surface area contributed by atoms with Crippen LogP contribution in [0.25, 0.3) is 0 Å². The van der Waals surface area contributed by atoms with Gasteiger partial charge in [-0.15, -0.1) is 0 Å². The van der Waals surface area contributed by atoms with E-state index in [-0.39, 0.29) is 5.91 Å². The molecule has 0 radical (unpaired) electrons. The zero-order valence-corrected chi connectivity index (χ0v) is 12.6. The number of hydrogen-bond donors (Lipinski definition) is 2.